The van der Waals surface area contributed by atoms with Crippen molar-refractivity contribution in [1.82, 2.24) is 0 Å². The van der Waals surface area contributed by atoms with E-state index in [1.165, 1.54) is 6.21 Å². The van der Waals surface area contributed by atoms with Gasteiger partial charge in [-0.1, -0.05) is 43.3 Å². The fourth-order valence-electron chi connectivity index (χ4n) is 2.46. The SMILES string of the molecule is CCOC(=O)C(CC)C(O)/C=N/N(c1ccccc1)c1ccccc1. The van der Waals surface area contributed by atoms with Crippen molar-refractivity contribution in [2.24, 2.45) is 11.0 Å². The van der Waals surface area contributed by atoms with Gasteiger partial charge >= 0.3 is 5.97 Å². The number of carbonyl (C=O) groups excluding carboxylic acids is 1. The average Bonchev–Trinajstić information content (AvgIpc) is 2.64. The van der Waals surface area contributed by atoms with Gasteiger partial charge in [0, 0.05) is 0 Å². The van der Waals surface area contributed by atoms with E-state index in [0.717, 1.165) is 11.4 Å². The summed E-state index contributed by atoms with van der Waals surface area (Å²) >= 11 is 0. The van der Waals surface area contributed by atoms with Gasteiger partial charge in [-0.05, 0) is 37.6 Å². The first-order valence-electron chi connectivity index (χ1n) is 8.46. The highest BCUT2D eigenvalue weighted by Crippen LogP contribution is 2.25. The minimum Gasteiger partial charge on any atom is -0.466 e. The van der Waals surface area contributed by atoms with Crippen molar-refractivity contribution in [3.63, 3.8) is 0 Å². The summed E-state index contributed by atoms with van der Waals surface area (Å²) in [6.07, 6.45) is 0.854. The molecule has 0 spiro atoms. The largest absolute Gasteiger partial charge is 0.466 e. The fraction of sp³-hybridized carbons (Fsp3) is 0.300. The summed E-state index contributed by atoms with van der Waals surface area (Å²) in [6, 6.07) is 19.3. The van der Waals surface area contributed by atoms with Crippen LogP contribution in [0.3, 0.4) is 0 Å². The number of hydrogen-bond acceptors (Lipinski definition) is 5. The number of anilines is 2. The van der Waals surface area contributed by atoms with Crippen LogP contribution < -0.4 is 5.01 Å². The first-order valence-corrected chi connectivity index (χ1v) is 8.46. The molecule has 132 valence electrons. The first-order chi connectivity index (χ1) is 12.2. The normalized spacial score (nSPS) is 13.4. The molecule has 2 rings (SSSR count). The second-order valence-electron chi connectivity index (χ2n) is 5.50. The maximum Gasteiger partial charge on any atom is 0.311 e. The average molecular weight is 340 g/mol. The van der Waals surface area contributed by atoms with E-state index >= 15 is 0 Å². The lowest BCUT2D eigenvalue weighted by Crippen LogP contribution is -2.31. The Labute approximate surface area is 148 Å². The van der Waals surface area contributed by atoms with Gasteiger partial charge in [0.15, 0.2) is 0 Å². The Morgan fingerprint density at radius 2 is 1.60 bits per heavy atom. The zero-order chi connectivity index (χ0) is 18.1. The fourth-order valence-corrected chi connectivity index (χ4v) is 2.46. The lowest BCUT2D eigenvalue weighted by Gasteiger charge is -2.21. The predicted molar refractivity (Wildman–Crippen MR) is 99.9 cm³/mol. The van der Waals surface area contributed by atoms with Crippen LogP contribution in [0.15, 0.2) is 65.8 Å². The van der Waals surface area contributed by atoms with Gasteiger partial charge in [-0.15, -0.1) is 0 Å². The standard InChI is InChI=1S/C20H24N2O3/c1-3-18(20(24)25-4-2)19(23)15-21-22(16-11-7-5-8-12-16)17-13-9-6-10-14-17/h5-15,18-19,23H,3-4H2,1-2H3/b21-15+. The molecule has 0 saturated carbocycles. The Balaban J connectivity index is 2.24. The van der Waals surface area contributed by atoms with Crippen LogP contribution in [0.2, 0.25) is 0 Å². The second kappa shape index (κ2) is 9.59. The molecule has 2 atom stereocenters. The van der Waals surface area contributed by atoms with E-state index in [9.17, 15) is 9.90 Å². The molecule has 0 heterocycles. The lowest BCUT2D eigenvalue weighted by atomic mass is 10.0. The van der Waals surface area contributed by atoms with E-state index < -0.39 is 18.0 Å². The Hall–Kier alpha value is -2.66. The Kier molecular flexibility index (Phi) is 7.16. The highest BCUT2D eigenvalue weighted by atomic mass is 16.5. The van der Waals surface area contributed by atoms with Gasteiger partial charge in [0.2, 0.25) is 0 Å². The van der Waals surface area contributed by atoms with E-state index in [1.54, 1.807) is 11.9 Å². The molecule has 2 unspecified atom stereocenters. The molecule has 5 heteroatoms. The first kappa shape index (κ1) is 18.7. The van der Waals surface area contributed by atoms with E-state index in [1.807, 2.05) is 67.6 Å². The molecule has 0 aliphatic rings. The molecule has 0 aliphatic carbocycles. The molecule has 1 N–H and O–H groups in total. The van der Waals surface area contributed by atoms with Gasteiger partial charge in [-0.3, -0.25) is 4.79 Å². The number of ether oxygens (including phenoxy) is 1. The summed E-state index contributed by atoms with van der Waals surface area (Å²) in [7, 11) is 0. The third-order valence-corrected chi connectivity index (χ3v) is 3.78. The van der Waals surface area contributed by atoms with Crippen LogP contribution in [-0.2, 0) is 9.53 Å². The van der Waals surface area contributed by atoms with Crippen LogP contribution in [-0.4, -0.2) is 30.0 Å². The molecule has 0 saturated heterocycles. The smallest absolute Gasteiger partial charge is 0.311 e. The van der Waals surface area contributed by atoms with Crippen molar-refractivity contribution < 1.29 is 14.6 Å². The molecule has 0 bridgehead atoms. The van der Waals surface area contributed by atoms with Crippen molar-refractivity contribution in [3.05, 3.63) is 60.7 Å². The molecule has 0 radical (unpaired) electrons. The van der Waals surface area contributed by atoms with Crippen LogP contribution in [0.4, 0.5) is 11.4 Å². The minimum atomic E-state index is -1.01. The minimum absolute atomic E-state index is 0.291. The molecule has 0 aromatic heterocycles. The number of benzene rings is 2. The molecule has 5 nitrogen and oxygen atoms in total. The Morgan fingerprint density at radius 3 is 2.04 bits per heavy atom. The zero-order valence-corrected chi connectivity index (χ0v) is 14.6. The van der Waals surface area contributed by atoms with Gasteiger partial charge in [0.05, 0.1) is 30.1 Å². The number of hydrogen-bond donors (Lipinski definition) is 1. The molecule has 0 fully saturated rings. The highest BCUT2D eigenvalue weighted by molar-refractivity contribution is 5.80. The zero-order valence-electron chi connectivity index (χ0n) is 14.6. The van der Waals surface area contributed by atoms with Gasteiger partial charge in [0.25, 0.3) is 0 Å². The molecule has 2 aromatic rings. The van der Waals surface area contributed by atoms with Crippen molar-refractivity contribution >= 4 is 23.6 Å². The van der Waals surface area contributed by atoms with Gasteiger partial charge < -0.3 is 9.84 Å². The molecule has 0 aliphatic heterocycles. The number of esters is 1. The summed E-state index contributed by atoms with van der Waals surface area (Å²) in [5.74, 6) is -1.04. The lowest BCUT2D eigenvalue weighted by molar-refractivity contribution is -0.150. The summed E-state index contributed by atoms with van der Waals surface area (Å²) in [4.78, 5) is 11.9. The maximum absolute atomic E-state index is 11.9. The summed E-state index contributed by atoms with van der Waals surface area (Å²) in [6.45, 7) is 3.88. The van der Waals surface area contributed by atoms with E-state index in [0.29, 0.717) is 13.0 Å². The number of carbonyl (C=O) groups is 1. The number of aliphatic hydroxyl groups is 1. The quantitative estimate of drug-likeness (QED) is 0.451. The van der Waals surface area contributed by atoms with Crippen molar-refractivity contribution in [3.8, 4) is 0 Å². The molecule has 0 amide bonds. The van der Waals surface area contributed by atoms with Crippen LogP contribution in [0.1, 0.15) is 20.3 Å². The number of nitrogens with zero attached hydrogens (tertiary/aromatic N) is 2. The number of rotatable bonds is 8. The predicted octanol–water partition coefficient (Wildman–Crippen LogP) is 3.76. The monoisotopic (exact) mass is 340 g/mol. The van der Waals surface area contributed by atoms with Crippen LogP contribution in [0.5, 0.6) is 0 Å². The van der Waals surface area contributed by atoms with Crippen molar-refractivity contribution in [2.45, 2.75) is 26.4 Å². The van der Waals surface area contributed by atoms with Gasteiger partial charge in [-0.2, -0.15) is 5.10 Å². The summed E-state index contributed by atoms with van der Waals surface area (Å²) < 4.78 is 5.02. The second-order valence-corrected chi connectivity index (χ2v) is 5.50. The molecular weight excluding hydrogens is 316 g/mol. The number of hydrazone groups is 1. The third kappa shape index (κ3) is 5.16. The summed E-state index contributed by atoms with van der Waals surface area (Å²) in [5.41, 5.74) is 1.72. The summed E-state index contributed by atoms with van der Waals surface area (Å²) in [5, 5.41) is 16.5. The number of aliphatic hydroxyl groups excluding tert-OH is 1. The van der Waals surface area contributed by atoms with E-state index in [4.69, 9.17) is 4.74 Å². The Morgan fingerprint density at radius 1 is 1.08 bits per heavy atom. The van der Waals surface area contributed by atoms with Crippen molar-refractivity contribution in [1.29, 1.82) is 0 Å². The van der Waals surface area contributed by atoms with Gasteiger partial charge in [-0.25, -0.2) is 5.01 Å². The molecule has 25 heavy (non-hydrogen) atoms. The van der Waals surface area contributed by atoms with Gasteiger partial charge in [0.1, 0.15) is 6.10 Å². The van der Waals surface area contributed by atoms with Crippen LogP contribution in [0, 0.1) is 5.92 Å². The Bertz CT molecular complexity index is 634. The maximum atomic E-state index is 11.9. The highest BCUT2D eigenvalue weighted by Gasteiger charge is 2.25. The molecular formula is C20H24N2O3. The van der Waals surface area contributed by atoms with E-state index in [2.05, 4.69) is 5.10 Å². The van der Waals surface area contributed by atoms with Crippen molar-refractivity contribution in [2.75, 3.05) is 11.6 Å². The van der Waals surface area contributed by atoms with Crippen LogP contribution >= 0.6 is 0 Å². The number of para-hydroxylation sites is 2. The topological polar surface area (TPSA) is 62.1 Å². The van der Waals surface area contributed by atoms with E-state index in [-0.39, 0.29) is 0 Å². The molecule has 2 aromatic carbocycles. The van der Waals surface area contributed by atoms with Crippen LogP contribution in [0.25, 0.3) is 0 Å². The third-order valence-electron chi connectivity index (χ3n) is 3.78.